The van der Waals surface area contributed by atoms with Gasteiger partial charge in [0, 0.05) is 25.8 Å². The smallest absolute Gasteiger partial charge is 0.267 e. The molecule has 2 aromatic heterocycles. The Morgan fingerprint density at radius 3 is 2.31 bits per heavy atom. The Hall–Kier alpha value is -4.90. The summed E-state index contributed by atoms with van der Waals surface area (Å²) in [5.41, 5.74) is 0.908. The van der Waals surface area contributed by atoms with Crippen molar-refractivity contribution in [3.05, 3.63) is 105 Å². The van der Waals surface area contributed by atoms with E-state index in [1.165, 1.54) is 22.9 Å². The van der Waals surface area contributed by atoms with Crippen molar-refractivity contribution in [2.24, 2.45) is 0 Å². The molecule has 0 spiro atoms. The lowest BCUT2D eigenvalue weighted by atomic mass is 10.1. The number of ether oxygens (including phenoxy) is 1. The fourth-order valence-electron chi connectivity index (χ4n) is 4.90. The lowest BCUT2D eigenvalue weighted by Crippen LogP contribution is -2.38. The number of benzene rings is 2. The van der Waals surface area contributed by atoms with E-state index in [-0.39, 0.29) is 60.3 Å². The Labute approximate surface area is 240 Å². The first kappa shape index (κ1) is 28.6. The average molecular weight is 573 g/mol. The number of aromatic nitrogens is 2. The highest BCUT2D eigenvalue weighted by atomic mass is 19.1. The summed E-state index contributed by atoms with van der Waals surface area (Å²) in [5, 5.41) is 13.6. The lowest BCUT2D eigenvalue weighted by molar-refractivity contribution is 0.0648. The SMILES string of the molecule is CC(C)OCCNC(=O)c1c(O)c2ncc(Cc3ccc(F)cc3)cc2n(CCN2C(=O)c3ccccc3C2=O)c1=O. The lowest BCUT2D eigenvalue weighted by Gasteiger charge is -2.18. The van der Waals surface area contributed by atoms with Crippen molar-refractivity contribution >= 4 is 28.8 Å². The van der Waals surface area contributed by atoms with Gasteiger partial charge in [-0.2, -0.15) is 0 Å². The van der Waals surface area contributed by atoms with E-state index in [0.717, 1.165) is 10.5 Å². The van der Waals surface area contributed by atoms with Crippen LogP contribution in [-0.4, -0.2) is 63.1 Å². The number of rotatable bonds is 10. The summed E-state index contributed by atoms with van der Waals surface area (Å²) in [6, 6.07) is 14.0. The number of nitrogens with one attached hydrogen (secondary N) is 1. The van der Waals surface area contributed by atoms with Crippen LogP contribution in [0.4, 0.5) is 4.39 Å². The van der Waals surface area contributed by atoms with Crippen LogP contribution in [0.1, 0.15) is 56.0 Å². The van der Waals surface area contributed by atoms with Gasteiger partial charge >= 0.3 is 0 Å². The van der Waals surface area contributed by atoms with Gasteiger partial charge in [0.1, 0.15) is 16.9 Å². The van der Waals surface area contributed by atoms with Crippen LogP contribution in [0.25, 0.3) is 11.0 Å². The molecule has 11 heteroatoms. The highest BCUT2D eigenvalue weighted by Crippen LogP contribution is 2.27. The quantitative estimate of drug-likeness (QED) is 0.220. The zero-order valence-corrected chi connectivity index (χ0v) is 23.1. The Morgan fingerprint density at radius 2 is 1.67 bits per heavy atom. The molecule has 0 atom stereocenters. The van der Waals surface area contributed by atoms with Gasteiger partial charge in [0.25, 0.3) is 23.3 Å². The van der Waals surface area contributed by atoms with Crippen LogP contribution in [-0.2, 0) is 17.7 Å². The van der Waals surface area contributed by atoms with Crippen molar-refractivity contribution in [1.29, 1.82) is 0 Å². The molecule has 42 heavy (non-hydrogen) atoms. The van der Waals surface area contributed by atoms with E-state index in [4.69, 9.17) is 4.74 Å². The fraction of sp³-hybridized carbons (Fsp3) is 0.258. The molecule has 4 aromatic rings. The van der Waals surface area contributed by atoms with Crippen molar-refractivity contribution in [2.75, 3.05) is 19.7 Å². The third-order valence-corrected chi connectivity index (χ3v) is 6.95. The van der Waals surface area contributed by atoms with Gasteiger partial charge in [-0.3, -0.25) is 29.1 Å². The van der Waals surface area contributed by atoms with Crippen LogP contribution < -0.4 is 10.9 Å². The summed E-state index contributed by atoms with van der Waals surface area (Å²) in [6.07, 6.45) is 1.81. The summed E-state index contributed by atoms with van der Waals surface area (Å²) in [4.78, 5) is 58.1. The van der Waals surface area contributed by atoms with E-state index >= 15 is 0 Å². The molecule has 10 nitrogen and oxygen atoms in total. The van der Waals surface area contributed by atoms with Crippen LogP contribution in [0.5, 0.6) is 5.75 Å². The monoisotopic (exact) mass is 572 g/mol. The first-order valence-corrected chi connectivity index (χ1v) is 13.5. The maximum atomic E-state index is 13.7. The zero-order valence-electron chi connectivity index (χ0n) is 23.1. The minimum Gasteiger partial charge on any atom is -0.505 e. The molecule has 0 saturated carbocycles. The standard InChI is InChI=1S/C31H29FN4O6/c1-18(2)42-14-11-33-28(38)25-27(37)26-24(16-20(17-34-26)15-19-7-9-21(32)10-8-19)35(31(25)41)12-13-36-29(39)22-5-3-4-6-23(22)30(36)40/h3-10,16-18,37H,11-15H2,1-2H3,(H,33,38). The molecule has 3 heterocycles. The number of hydrogen-bond acceptors (Lipinski definition) is 7. The highest BCUT2D eigenvalue weighted by Gasteiger charge is 2.35. The second kappa shape index (κ2) is 11.9. The Kier molecular flexibility index (Phi) is 8.12. The normalized spacial score (nSPS) is 12.8. The van der Waals surface area contributed by atoms with E-state index in [0.29, 0.717) is 12.0 Å². The third kappa shape index (κ3) is 5.64. The zero-order chi connectivity index (χ0) is 30.0. The number of pyridine rings is 2. The molecule has 2 aromatic carbocycles. The van der Waals surface area contributed by atoms with Gasteiger partial charge in [0.2, 0.25) is 0 Å². The van der Waals surface area contributed by atoms with Gasteiger partial charge in [-0.25, -0.2) is 4.39 Å². The maximum Gasteiger partial charge on any atom is 0.267 e. The Balaban J connectivity index is 1.52. The summed E-state index contributed by atoms with van der Waals surface area (Å²) >= 11 is 0. The number of fused-ring (bicyclic) bond motifs is 2. The second-order valence-corrected chi connectivity index (χ2v) is 10.2. The topological polar surface area (TPSA) is 131 Å². The summed E-state index contributed by atoms with van der Waals surface area (Å²) in [6.45, 7) is 3.70. The number of imide groups is 1. The van der Waals surface area contributed by atoms with Gasteiger partial charge in [-0.1, -0.05) is 24.3 Å². The van der Waals surface area contributed by atoms with Crippen LogP contribution in [0, 0.1) is 5.82 Å². The minimum absolute atomic E-state index is 0.00315. The number of aromatic hydroxyl groups is 1. The molecule has 216 valence electrons. The predicted octanol–water partition coefficient (Wildman–Crippen LogP) is 3.28. The number of nitrogens with zero attached hydrogens (tertiary/aromatic N) is 3. The molecule has 1 aliphatic rings. The van der Waals surface area contributed by atoms with Crippen molar-refractivity contribution in [2.45, 2.75) is 32.9 Å². The second-order valence-electron chi connectivity index (χ2n) is 10.2. The van der Waals surface area contributed by atoms with E-state index in [9.17, 15) is 28.7 Å². The molecule has 0 aliphatic carbocycles. The molecular formula is C31H29FN4O6. The number of halogens is 1. The molecule has 0 fully saturated rings. The van der Waals surface area contributed by atoms with Crippen molar-refractivity contribution in [3.63, 3.8) is 0 Å². The van der Waals surface area contributed by atoms with Gasteiger partial charge in [0.05, 0.1) is 29.4 Å². The highest BCUT2D eigenvalue weighted by molar-refractivity contribution is 6.21. The van der Waals surface area contributed by atoms with Crippen LogP contribution in [0.15, 0.2) is 65.6 Å². The van der Waals surface area contributed by atoms with E-state index < -0.39 is 34.6 Å². The van der Waals surface area contributed by atoms with Gasteiger partial charge in [-0.15, -0.1) is 0 Å². The first-order valence-electron chi connectivity index (χ1n) is 13.5. The number of carbonyl (C=O) groups is 3. The van der Waals surface area contributed by atoms with Crippen molar-refractivity contribution < 1.29 is 28.6 Å². The van der Waals surface area contributed by atoms with Crippen LogP contribution >= 0.6 is 0 Å². The molecule has 0 saturated heterocycles. The third-order valence-electron chi connectivity index (χ3n) is 6.95. The molecule has 0 radical (unpaired) electrons. The fourth-order valence-corrected chi connectivity index (χ4v) is 4.90. The predicted molar refractivity (Wildman–Crippen MR) is 152 cm³/mol. The van der Waals surface area contributed by atoms with Gasteiger partial charge in [-0.05, 0) is 61.7 Å². The summed E-state index contributed by atoms with van der Waals surface area (Å²) in [7, 11) is 0. The molecule has 1 aliphatic heterocycles. The van der Waals surface area contributed by atoms with Crippen LogP contribution in [0.2, 0.25) is 0 Å². The van der Waals surface area contributed by atoms with E-state index in [1.54, 1.807) is 42.5 Å². The molecule has 0 unspecified atom stereocenters. The Bertz CT molecular complexity index is 1710. The Morgan fingerprint density at radius 1 is 1.00 bits per heavy atom. The summed E-state index contributed by atoms with van der Waals surface area (Å²) in [5.74, 6) is -2.72. The average Bonchev–Trinajstić information content (AvgIpc) is 3.21. The molecule has 2 N–H and O–H groups in total. The molecule has 5 rings (SSSR count). The maximum absolute atomic E-state index is 13.7. The first-order chi connectivity index (χ1) is 20.2. The van der Waals surface area contributed by atoms with Crippen molar-refractivity contribution in [3.8, 4) is 5.75 Å². The number of hydrogen-bond donors (Lipinski definition) is 2. The van der Waals surface area contributed by atoms with Gasteiger partial charge in [0.15, 0.2) is 5.75 Å². The van der Waals surface area contributed by atoms with E-state index in [1.807, 2.05) is 13.8 Å². The van der Waals surface area contributed by atoms with Crippen molar-refractivity contribution in [1.82, 2.24) is 19.8 Å². The number of amides is 3. The molecule has 0 bridgehead atoms. The number of carbonyl (C=O) groups excluding carboxylic acids is 3. The molecule has 3 amide bonds. The van der Waals surface area contributed by atoms with Crippen LogP contribution in [0.3, 0.4) is 0 Å². The molecular weight excluding hydrogens is 543 g/mol. The van der Waals surface area contributed by atoms with E-state index in [2.05, 4.69) is 10.3 Å². The minimum atomic E-state index is -0.807. The van der Waals surface area contributed by atoms with Gasteiger partial charge < -0.3 is 19.7 Å². The summed E-state index contributed by atoms with van der Waals surface area (Å²) < 4.78 is 20.1. The largest absolute Gasteiger partial charge is 0.505 e.